The minimum absolute atomic E-state index is 0.174. The van der Waals surface area contributed by atoms with E-state index in [4.69, 9.17) is 4.42 Å². The van der Waals surface area contributed by atoms with Gasteiger partial charge in [-0.1, -0.05) is 24.3 Å². The Morgan fingerprint density at radius 1 is 1.07 bits per heavy atom. The monoisotopic (exact) mass is 387 g/mol. The van der Waals surface area contributed by atoms with Crippen molar-refractivity contribution in [2.75, 3.05) is 18.0 Å². The molecule has 3 aromatic heterocycles. The summed E-state index contributed by atoms with van der Waals surface area (Å²) in [5.74, 6) is 1.45. The van der Waals surface area contributed by atoms with Crippen LogP contribution in [0.3, 0.4) is 0 Å². The number of piperidine rings is 1. The van der Waals surface area contributed by atoms with Crippen LogP contribution in [0.15, 0.2) is 65.3 Å². The molecule has 0 amide bonds. The molecule has 0 aliphatic carbocycles. The van der Waals surface area contributed by atoms with Crippen LogP contribution in [0, 0.1) is 5.92 Å². The molecule has 1 aliphatic rings. The van der Waals surface area contributed by atoms with Crippen LogP contribution < -0.4 is 4.90 Å². The van der Waals surface area contributed by atoms with Crippen molar-refractivity contribution < 1.29 is 9.52 Å². The second-order valence-corrected chi connectivity index (χ2v) is 7.31. The number of benzene rings is 1. The standard InChI is InChI=1S/C22H21N5O2/c28-21(17-6-3-4-10-23-17)15-8-11-27(12-9-15)22-25-18(14-24-26-22)20-13-16-5-1-2-7-19(16)29-20/h1-7,10,13-15,21,28H,8-9,11-12H2/t21-/m0/s1. The van der Waals surface area contributed by atoms with E-state index in [2.05, 4.69) is 25.1 Å². The van der Waals surface area contributed by atoms with Gasteiger partial charge in [0.15, 0.2) is 5.76 Å². The van der Waals surface area contributed by atoms with E-state index >= 15 is 0 Å². The minimum atomic E-state index is -0.542. The summed E-state index contributed by atoms with van der Waals surface area (Å²) in [7, 11) is 0. The molecule has 5 rings (SSSR count). The third-order valence-electron chi connectivity index (χ3n) is 5.49. The van der Waals surface area contributed by atoms with Crippen LogP contribution in [0.5, 0.6) is 0 Å². The molecule has 146 valence electrons. The maximum absolute atomic E-state index is 10.6. The fourth-order valence-corrected chi connectivity index (χ4v) is 3.86. The highest BCUT2D eigenvalue weighted by Gasteiger charge is 2.28. The third-order valence-corrected chi connectivity index (χ3v) is 5.49. The van der Waals surface area contributed by atoms with E-state index in [1.807, 2.05) is 48.5 Å². The number of para-hydroxylation sites is 1. The van der Waals surface area contributed by atoms with E-state index in [-0.39, 0.29) is 5.92 Å². The second kappa shape index (κ2) is 7.60. The Labute approximate surface area is 168 Å². The first-order chi connectivity index (χ1) is 14.3. The molecule has 0 unspecified atom stereocenters. The van der Waals surface area contributed by atoms with Crippen molar-refractivity contribution in [3.8, 4) is 11.5 Å². The highest BCUT2D eigenvalue weighted by molar-refractivity contribution is 5.82. The van der Waals surface area contributed by atoms with E-state index in [0.29, 0.717) is 17.4 Å². The number of hydrogen-bond acceptors (Lipinski definition) is 7. The fourth-order valence-electron chi connectivity index (χ4n) is 3.86. The first-order valence-corrected chi connectivity index (χ1v) is 9.80. The third kappa shape index (κ3) is 3.56. The molecule has 0 bridgehead atoms. The van der Waals surface area contributed by atoms with Gasteiger partial charge in [-0.25, -0.2) is 4.98 Å². The van der Waals surface area contributed by atoms with Gasteiger partial charge in [-0.05, 0) is 43.0 Å². The van der Waals surface area contributed by atoms with E-state index in [1.165, 1.54) is 0 Å². The van der Waals surface area contributed by atoms with Gasteiger partial charge in [0.25, 0.3) is 0 Å². The molecule has 1 saturated heterocycles. The molecule has 1 fully saturated rings. The van der Waals surface area contributed by atoms with Gasteiger partial charge in [-0.2, -0.15) is 5.10 Å². The smallest absolute Gasteiger partial charge is 0.246 e. The molecular weight excluding hydrogens is 366 g/mol. The summed E-state index contributed by atoms with van der Waals surface area (Å²) in [5.41, 5.74) is 2.23. The number of aliphatic hydroxyl groups is 1. The Morgan fingerprint density at radius 3 is 2.69 bits per heavy atom. The lowest BCUT2D eigenvalue weighted by Gasteiger charge is -2.33. The number of fused-ring (bicyclic) bond motifs is 1. The molecule has 0 radical (unpaired) electrons. The van der Waals surface area contributed by atoms with Crippen LogP contribution in [0.2, 0.25) is 0 Å². The zero-order valence-corrected chi connectivity index (χ0v) is 15.8. The van der Waals surface area contributed by atoms with Gasteiger partial charge in [0.1, 0.15) is 11.3 Å². The molecule has 1 N–H and O–H groups in total. The van der Waals surface area contributed by atoms with Crippen molar-refractivity contribution in [1.29, 1.82) is 0 Å². The van der Waals surface area contributed by atoms with Gasteiger partial charge >= 0.3 is 0 Å². The Balaban J connectivity index is 1.31. The summed E-state index contributed by atoms with van der Waals surface area (Å²) in [6.07, 6.45) is 4.49. The van der Waals surface area contributed by atoms with Gasteiger partial charge in [0.05, 0.1) is 18.0 Å². The van der Waals surface area contributed by atoms with Crippen LogP contribution in [-0.2, 0) is 0 Å². The molecule has 7 heteroatoms. The van der Waals surface area contributed by atoms with Crippen molar-refractivity contribution in [3.05, 3.63) is 66.6 Å². The number of nitrogens with zero attached hydrogens (tertiary/aromatic N) is 5. The minimum Gasteiger partial charge on any atom is -0.454 e. The number of hydrogen-bond donors (Lipinski definition) is 1. The lowest BCUT2D eigenvalue weighted by atomic mass is 9.89. The normalized spacial score (nSPS) is 16.2. The predicted molar refractivity (Wildman–Crippen MR) is 109 cm³/mol. The van der Waals surface area contributed by atoms with Gasteiger partial charge < -0.3 is 14.4 Å². The number of furan rings is 1. The van der Waals surface area contributed by atoms with E-state index in [1.54, 1.807) is 12.4 Å². The molecule has 0 saturated carbocycles. The largest absolute Gasteiger partial charge is 0.454 e. The Hall–Kier alpha value is -3.32. The summed E-state index contributed by atoms with van der Waals surface area (Å²) < 4.78 is 5.91. The van der Waals surface area contributed by atoms with Crippen molar-refractivity contribution >= 4 is 16.9 Å². The highest BCUT2D eigenvalue weighted by Crippen LogP contribution is 2.31. The second-order valence-electron chi connectivity index (χ2n) is 7.31. The molecular formula is C22H21N5O2. The van der Waals surface area contributed by atoms with Crippen molar-refractivity contribution in [3.63, 3.8) is 0 Å². The first-order valence-electron chi connectivity index (χ1n) is 9.80. The summed E-state index contributed by atoms with van der Waals surface area (Å²) >= 11 is 0. The molecule has 0 spiro atoms. The maximum atomic E-state index is 10.6. The van der Waals surface area contributed by atoms with Crippen molar-refractivity contribution in [2.24, 2.45) is 5.92 Å². The highest BCUT2D eigenvalue weighted by atomic mass is 16.3. The number of anilines is 1. The van der Waals surface area contributed by atoms with Crippen LogP contribution >= 0.6 is 0 Å². The van der Waals surface area contributed by atoms with Gasteiger partial charge in [0, 0.05) is 24.7 Å². The zero-order chi connectivity index (χ0) is 19.6. The maximum Gasteiger partial charge on any atom is 0.246 e. The zero-order valence-electron chi connectivity index (χ0n) is 15.8. The molecule has 29 heavy (non-hydrogen) atoms. The molecule has 4 aromatic rings. The van der Waals surface area contributed by atoms with Crippen molar-refractivity contribution in [2.45, 2.75) is 18.9 Å². The first kappa shape index (κ1) is 17.8. The topological polar surface area (TPSA) is 88.2 Å². The van der Waals surface area contributed by atoms with E-state index < -0.39 is 6.10 Å². The molecule has 4 heterocycles. The average Bonchev–Trinajstić information content (AvgIpc) is 3.24. The summed E-state index contributed by atoms with van der Waals surface area (Å²) in [6, 6.07) is 15.5. The van der Waals surface area contributed by atoms with Gasteiger partial charge in [-0.3, -0.25) is 4.98 Å². The number of aromatic nitrogens is 4. The molecule has 7 nitrogen and oxygen atoms in total. The Bertz CT molecular complexity index is 1070. The summed E-state index contributed by atoms with van der Waals surface area (Å²) in [4.78, 5) is 11.1. The Morgan fingerprint density at radius 2 is 1.90 bits per heavy atom. The Kier molecular flexibility index (Phi) is 4.65. The SMILES string of the molecule is O[C@H](c1ccccn1)C1CCN(c2nncc(-c3cc4ccccc4o3)n2)CC1. The fraction of sp³-hybridized carbons (Fsp3) is 0.273. The van der Waals surface area contributed by atoms with Crippen molar-refractivity contribution in [1.82, 2.24) is 20.2 Å². The van der Waals surface area contributed by atoms with E-state index in [0.717, 1.165) is 42.6 Å². The van der Waals surface area contributed by atoms with Gasteiger partial charge in [0.2, 0.25) is 5.95 Å². The average molecular weight is 387 g/mol. The van der Waals surface area contributed by atoms with Crippen LogP contribution in [0.1, 0.15) is 24.6 Å². The summed E-state index contributed by atoms with van der Waals surface area (Å²) in [6.45, 7) is 1.53. The van der Waals surface area contributed by atoms with Crippen LogP contribution in [0.25, 0.3) is 22.4 Å². The van der Waals surface area contributed by atoms with Gasteiger partial charge in [-0.15, -0.1) is 5.10 Å². The number of pyridine rings is 1. The molecule has 1 atom stereocenters. The lowest BCUT2D eigenvalue weighted by molar-refractivity contribution is 0.0889. The summed E-state index contributed by atoms with van der Waals surface area (Å²) in [5, 5.41) is 20.0. The van der Waals surface area contributed by atoms with Crippen LogP contribution in [-0.4, -0.2) is 38.4 Å². The molecule has 1 aromatic carbocycles. The number of aliphatic hydroxyl groups excluding tert-OH is 1. The lowest BCUT2D eigenvalue weighted by Crippen LogP contribution is -2.37. The number of rotatable bonds is 4. The molecule has 1 aliphatic heterocycles. The van der Waals surface area contributed by atoms with E-state index in [9.17, 15) is 5.11 Å². The van der Waals surface area contributed by atoms with Crippen LogP contribution in [0.4, 0.5) is 5.95 Å². The quantitative estimate of drug-likeness (QED) is 0.572. The predicted octanol–water partition coefficient (Wildman–Crippen LogP) is 3.63.